The van der Waals surface area contributed by atoms with Crippen LogP contribution >= 0.6 is 0 Å². The Bertz CT molecular complexity index is 719. The third kappa shape index (κ3) is 3.25. The van der Waals surface area contributed by atoms with Gasteiger partial charge in [0.15, 0.2) is 6.04 Å². The lowest BCUT2D eigenvalue weighted by Gasteiger charge is -2.08. The molecule has 0 spiro atoms. The molecule has 0 radical (unpaired) electrons. The quantitative estimate of drug-likeness (QED) is 0.386. The van der Waals surface area contributed by atoms with Crippen molar-refractivity contribution in [1.29, 1.82) is 0 Å². The number of esters is 1. The van der Waals surface area contributed by atoms with Crippen LogP contribution in [0, 0.1) is 6.92 Å². The zero-order valence-electron chi connectivity index (χ0n) is 11.6. The van der Waals surface area contributed by atoms with E-state index in [4.69, 9.17) is 9.15 Å². The predicted molar refractivity (Wildman–Crippen MR) is 72.7 cm³/mol. The lowest BCUT2D eigenvalue weighted by atomic mass is 10.1. The topological polar surface area (TPSA) is 73.1 Å². The number of benzene rings is 1. The van der Waals surface area contributed by atoms with Crippen molar-refractivity contribution < 1.29 is 31.7 Å². The molecule has 0 amide bonds. The van der Waals surface area contributed by atoms with Crippen LogP contribution in [-0.2, 0) is 4.79 Å². The Hall–Kier alpha value is -1.85. The molecular formula is C15H16ClNO4. The number of quaternary nitrogens is 1. The van der Waals surface area contributed by atoms with Crippen LogP contribution < -0.4 is 28.1 Å². The van der Waals surface area contributed by atoms with Gasteiger partial charge < -0.3 is 26.9 Å². The largest absolute Gasteiger partial charge is 1.00 e. The van der Waals surface area contributed by atoms with E-state index in [0.717, 1.165) is 30.3 Å². The number of aryl methyl sites for hydroxylation is 1. The molecule has 1 aromatic carbocycles. The fraction of sp³-hybridized carbons (Fsp3) is 0.333. The van der Waals surface area contributed by atoms with Crippen LogP contribution in [0.1, 0.15) is 18.4 Å². The smallest absolute Gasteiger partial charge is 0.370 e. The minimum Gasteiger partial charge on any atom is -1.00 e. The molecule has 3 rings (SSSR count). The van der Waals surface area contributed by atoms with Crippen molar-refractivity contribution in [2.45, 2.75) is 25.8 Å². The van der Waals surface area contributed by atoms with Crippen molar-refractivity contribution >= 4 is 16.9 Å². The van der Waals surface area contributed by atoms with Crippen LogP contribution in [-0.4, -0.2) is 18.6 Å². The van der Waals surface area contributed by atoms with E-state index < -0.39 is 5.63 Å². The molecule has 0 saturated carbocycles. The summed E-state index contributed by atoms with van der Waals surface area (Å²) in [5.41, 5.74) is 0.886. The number of hydrogen-bond acceptors (Lipinski definition) is 4. The molecule has 1 atom stereocenters. The van der Waals surface area contributed by atoms with Gasteiger partial charge in [-0.05, 0) is 24.6 Å². The van der Waals surface area contributed by atoms with Crippen LogP contribution in [0.4, 0.5) is 0 Å². The van der Waals surface area contributed by atoms with E-state index in [1.165, 1.54) is 6.07 Å². The molecule has 0 aliphatic carbocycles. The molecule has 5 nitrogen and oxygen atoms in total. The summed E-state index contributed by atoms with van der Waals surface area (Å²) in [7, 11) is 0. The standard InChI is InChI=1S/C15H15NO4.ClH/c1-9-7-14(17)20-13-8-10(4-5-11(9)13)19-15(18)12-3-2-6-16-12;/h4-5,7-8,12,16H,2-3,6H2,1H3;1H/t12-;/m1./s1. The Labute approximate surface area is 127 Å². The SMILES string of the molecule is Cc1cc(=O)oc2cc(OC(=O)[C@H]3CCC[NH2+]3)ccc12.[Cl-]. The van der Waals surface area contributed by atoms with Crippen LogP contribution in [0.25, 0.3) is 11.0 Å². The Morgan fingerprint density at radius 1 is 1.38 bits per heavy atom. The maximum atomic E-state index is 11.9. The second-order valence-electron chi connectivity index (χ2n) is 5.10. The summed E-state index contributed by atoms with van der Waals surface area (Å²) in [4.78, 5) is 23.3. The van der Waals surface area contributed by atoms with Crippen LogP contribution in [0.3, 0.4) is 0 Å². The summed E-state index contributed by atoms with van der Waals surface area (Å²) < 4.78 is 10.5. The van der Waals surface area contributed by atoms with Gasteiger partial charge in [0, 0.05) is 30.4 Å². The number of fused-ring (bicyclic) bond motifs is 1. The summed E-state index contributed by atoms with van der Waals surface area (Å²) in [5.74, 6) is 0.174. The minimum atomic E-state index is -0.400. The first-order valence-electron chi connectivity index (χ1n) is 6.73. The number of carbonyl (C=O) groups excluding carboxylic acids is 1. The first-order chi connectivity index (χ1) is 9.63. The predicted octanol–water partition coefficient (Wildman–Crippen LogP) is -2.26. The van der Waals surface area contributed by atoms with E-state index in [9.17, 15) is 9.59 Å². The van der Waals surface area contributed by atoms with Gasteiger partial charge >= 0.3 is 11.6 Å². The summed E-state index contributed by atoms with van der Waals surface area (Å²) in [5, 5.41) is 2.84. The zero-order chi connectivity index (χ0) is 14.1. The average molecular weight is 310 g/mol. The molecule has 21 heavy (non-hydrogen) atoms. The number of carbonyl (C=O) groups is 1. The minimum absolute atomic E-state index is 0. The van der Waals surface area contributed by atoms with E-state index in [2.05, 4.69) is 0 Å². The molecule has 1 saturated heterocycles. The number of nitrogens with two attached hydrogens (primary N) is 1. The van der Waals surface area contributed by atoms with Gasteiger partial charge in [-0.25, -0.2) is 9.59 Å². The van der Waals surface area contributed by atoms with Gasteiger partial charge in [-0.15, -0.1) is 0 Å². The fourth-order valence-corrected chi connectivity index (χ4v) is 2.55. The average Bonchev–Trinajstić information content (AvgIpc) is 2.91. The van der Waals surface area contributed by atoms with Crippen molar-refractivity contribution in [3.8, 4) is 5.75 Å². The third-order valence-corrected chi connectivity index (χ3v) is 3.61. The van der Waals surface area contributed by atoms with Crippen molar-refractivity contribution in [3.63, 3.8) is 0 Å². The maximum absolute atomic E-state index is 11.9. The van der Waals surface area contributed by atoms with Crippen LogP contribution in [0.15, 0.2) is 33.5 Å². The monoisotopic (exact) mass is 309 g/mol. The van der Waals surface area contributed by atoms with Crippen molar-refractivity contribution in [2.24, 2.45) is 0 Å². The third-order valence-electron chi connectivity index (χ3n) is 3.61. The zero-order valence-corrected chi connectivity index (χ0v) is 12.4. The molecule has 0 bridgehead atoms. The Kier molecular flexibility index (Phi) is 4.65. The summed E-state index contributed by atoms with van der Waals surface area (Å²) in [6, 6.07) is 6.45. The highest BCUT2D eigenvalue weighted by Crippen LogP contribution is 2.22. The van der Waals surface area contributed by atoms with Crippen molar-refractivity contribution in [3.05, 3.63) is 40.2 Å². The van der Waals surface area contributed by atoms with Crippen molar-refractivity contribution in [1.82, 2.24) is 0 Å². The number of ether oxygens (including phenoxy) is 1. The van der Waals surface area contributed by atoms with Gasteiger partial charge in [0.25, 0.3) is 0 Å². The number of rotatable bonds is 2. The Balaban J connectivity index is 0.00000161. The number of hydrogen-bond donors (Lipinski definition) is 1. The molecule has 2 heterocycles. The molecule has 112 valence electrons. The van der Waals surface area contributed by atoms with E-state index in [1.807, 2.05) is 12.2 Å². The molecule has 1 fully saturated rings. The normalized spacial score (nSPS) is 17.5. The van der Waals surface area contributed by atoms with Crippen LogP contribution in [0.2, 0.25) is 0 Å². The van der Waals surface area contributed by atoms with Crippen molar-refractivity contribution in [2.75, 3.05) is 6.54 Å². The fourth-order valence-electron chi connectivity index (χ4n) is 2.55. The molecule has 6 heteroatoms. The molecule has 2 N–H and O–H groups in total. The lowest BCUT2D eigenvalue weighted by molar-refractivity contribution is -0.658. The van der Waals surface area contributed by atoms with E-state index in [1.54, 1.807) is 18.2 Å². The highest BCUT2D eigenvalue weighted by Gasteiger charge is 2.28. The van der Waals surface area contributed by atoms with Gasteiger partial charge in [0.2, 0.25) is 0 Å². The first kappa shape index (κ1) is 15.5. The van der Waals surface area contributed by atoms with Gasteiger partial charge in [0.05, 0.1) is 6.54 Å². The lowest BCUT2D eigenvalue weighted by Crippen LogP contribution is -3.00. The molecule has 1 aliphatic heterocycles. The van der Waals surface area contributed by atoms with E-state index in [-0.39, 0.29) is 24.4 Å². The molecular weight excluding hydrogens is 294 g/mol. The number of halogens is 1. The summed E-state index contributed by atoms with van der Waals surface area (Å²) in [6.45, 7) is 2.81. The van der Waals surface area contributed by atoms with Gasteiger partial charge in [-0.1, -0.05) is 0 Å². The van der Waals surface area contributed by atoms with E-state index in [0.29, 0.717) is 11.3 Å². The highest BCUT2D eigenvalue weighted by molar-refractivity contribution is 5.83. The molecule has 1 aliphatic rings. The molecule has 1 aromatic heterocycles. The Morgan fingerprint density at radius 3 is 2.90 bits per heavy atom. The van der Waals surface area contributed by atoms with E-state index >= 15 is 0 Å². The van der Waals surface area contributed by atoms with Gasteiger partial charge in [-0.2, -0.15) is 0 Å². The van der Waals surface area contributed by atoms with Gasteiger partial charge in [0.1, 0.15) is 11.3 Å². The summed E-state index contributed by atoms with van der Waals surface area (Å²) >= 11 is 0. The molecule has 0 unspecified atom stereocenters. The summed E-state index contributed by atoms with van der Waals surface area (Å²) in [6.07, 6.45) is 1.88. The highest BCUT2D eigenvalue weighted by atomic mass is 35.5. The Morgan fingerprint density at radius 2 is 2.19 bits per heavy atom. The molecule has 2 aromatic rings. The van der Waals surface area contributed by atoms with Crippen LogP contribution in [0.5, 0.6) is 5.75 Å². The first-order valence-corrected chi connectivity index (χ1v) is 6.73. The maximum Gasteiger partial charge on any atom is 0.370 e. The van der Waals surface area contributed by atoms with Gasteiger partial charge in [-0.3, -0.25) is 0 Å². The second-order valence-corrected chi connectivity index (χ2v) is 5.10. The second kappa shape index (κ2) is 6.28.